The molecule has 0 radical (unpaired) electrons. The van der Waals surface area contributed by atoms with Crippen molar-refractivity contribution in [2.75, 3.05) is 7.11 Å². The second kappa shape index (κ2) is 13.2. The van der Waals surface area contributed by atoms with E-state index in [1.165, 1.54) is 0 Å². The molecule has 1 aliphatic heterocycles. The Balaban J connectivity index is 1.17. The van der Waals surface area contributed by atoms with Gasteiger partial charge in [0.1, 0.15) is 17.2 Å². The maximum absolute atomic E-state index is 13.7. The fourth-order valence-corrected chi connectivity index (χ4v) is 6.62. The van der Waals surface area contributed by atoms with Crippen molar-refractivity contribution in [2.24, 2.45) is 5.92 Å². The predicted octanol–water partition coefficient (Wildman–Crippen LogP) is 6.37. The van der Waals surface area contributed by atoms with Gasteiger partial charge in [0.15, 0.2) is 5.69 Å². The van der Waals surface area contributed by atoms with Crippen LogP contribution >= 0.6 is 0 Å². The molecule has 0 bridgehead atoms. The highest BCUT2D eigenvalue weighted by molar-refractivity contribution is 5.92. The van der Waals surface area contributed by atoms with E-state index in [0.29, 0.717) is 62.3 Å². The number of benzene rings is 1. The zero-order valence-electron chi connectivity index (χ0n) is 25.8. The van der Waals surface area contributed by atoms with Crippen molar-refractivity contribution in [1.82, 2.24) is 25.3 Å². The highest BCUT2D eigenvalue weighted by atomic mass is 16.6. The molecule has 10 heteroatoms. The summed E-state index contributed by atoms with van der Waals surface area (Å²) >= 11 is 0. The first kappa shape index (κ1) is 30.4. The third-order valence-corrected chi connectivity index (χ3v) is 9.20. The van der Waals surface area contributed by atoms with Crippen molar-refractivity contribution in [1.29, 1.82) is 0 Å². The minimum absolute atomic E-state index is 0.0327. The number of carbonyl (C=O) groups is 3. The fraction of sp³-hybridized carbons (Fsp3) is 0.429. The summed E-state index contributed by atoms with van der Waals surface area (Å²) in [4.78, 5) is 55.0. The second-order valence-corrected chi connectivity index (χ2v) is 12.0. The zero-order chi connectivity index (χ0) is 31.4. The molecule has 4 heterocycles. The molecule has 10 nitrogen and oxygen atoms in total. The van der Waals surface area contributed by atoms with Crippen LogP contribution < -0.4 is 10.1 Å². The van der Waals surface area contributed by atoms with Crippen molar-refractivity contribution in [3.8, 4) is 17.1 Å². The monoisotopic (exact) mass is 609 g/mol. The number of esters is 1. The number of nitrogens with zero attached hydrogens (tertiary/aromatic N) is 3. The molecular formula is C35H39N5O5. The first-order chi connectivity index (χ1) is 21.9. The standard InChI is InChI=1S/C35H39N5O5/c1-3-24(41)11-5-4-6-14-28(31-37-21-29(38-31)25-20-23-10-7-8-13-27(23)40-33(25)44-2)39-32(42)22-15-17-35(18-16-22)26-12-9-19-36-30(26)34(43)45-35/h7-10,12-13,19-22,28H,3-6,11,14-18H2,1-2H3,(H,37,38)(H,39,42)/t22?,28-,35?/m1/s1. The summed E-state index contributed by atoms with van der Waals surface area (Å²) in [6.45, 7) is 1.89. The number of Topliss-reactive ketones (excluding diaryl/α,β-unsaturated/α-hetero) is 1. The summed E-state index contributed by atoms with van der Waals surface area (Å²) < 4.78 is 11.5. The summed E-state index contributed by atoms with van der Waals surface area (Å²) in [7, 11) is 1.60. The Labute approximate surface area is 262 Å². The van der Waals surface area contributed by atoms with E-state index in [0.717, 1.165) is 47.0 Å². The van der Waals surface area contributed by atoms with Gasteiger partial charge in [-0.1, -0.05) is 44.0 Å². The summed E-state index contributed by atoms with van der Waals surface area (Å²) in [5, 5.41) is 4.26. The van der Waals surface area contributed by atoms with E-state index < -0.39 is 5.60 Å². The highest BCUT2D eigenvalue weighted by Gasteiger charge is 2.49. The summed E-state index contributed by atoms with van der Waals surface area (Å²) in [5.41, 5.74) is 2.89. The number of nitrogens with one attached hydrogen (secondary N) is 2. The largest absolute Gasteiger partial charge is 0.480 e. The van der Waals surface area contributed by atoms with E-state index >= 15 is 0 Å². The van der Waals surface area contributed by atoms with Gasteiger partial charge in [0.25, 0.3) is 0 Å². The van der Waals surface area contributed by atoms with E-state index in [9.17, 15) is 14.4 Å². The number of unbranched alkanes of at least 4 members (excludes halogenated alkanes) is 2. The molecule has 45 heavy (non-hydrogen) atoms. The van der Waals surface area contributed by atoms with Crippen molar-refractivity contribution in [2.45, 2.75) is 82.8 Å². The average Bonchev–Trinajstić information content (AvgIpc) is 3.66. The van der Waals surface area contributed by atoms with Crippen LogP contribution in [0.4, 0.5) is 0 Å². The van der Waals surface area contributed by atoms with Crippen LogP contribution in [0.15, 0.2) is 54.9 Å². The lowest BCUT2D eigenvalue weighted by atomic mass is 9.75. The van der Waals surface area contributed by atoms with E-state index in [-0.39, 0.29) is 29.6 Å². The lowest BCUT2D eigenvalue weighted by molar-refractivity contribution is -0.129. The van der Waals surface area contributed by atoms with Gasteiger partial charge in [-0.05, 0) is 56.7 Å². The SMILES string of the molecule is CCC(=O)CCCCC[C@@H](NC(=O)C1CCC2(CC1)OC(=O)c1ncccc12)c1ncc(-c2cc3ccccc3nc2OC)[nH]1. The molecule has 0 unspecified atom stereocenters. The third kappa shape index (κ3) is 6.32. The molecule has 1 saturated carbocycles. The van der Waals surface area contributed by atoms with Gasteiger partial charge in [-0.15, -0.1) is 0 Å². The van der Waals surface area contributed by atoms with Gasteiger partial charge in [-0.25, -0.2) is 19.7 Å². The number of hydrogen-bond acceptors (Lipinski definition) is 8. The number of hydrogen-bond donors (Lipinski definition) is 2. The van der Waals surface area contributed by atoms with Crippen molar-refractivity contribution in [3.63, 3.8) is 0 Å². The van der Waals surface area contributed by atoms with Gasteiger partial charge in [-0.2, -0.15) is 0 Å². The fourth-order valence-electron chi connectivity index (χ4n) is 6.62. The lowest BCUT2D eigenvalue weighted by Gasteiger charge is -2.36. The number of imidazole rings is 1. The summed E-state index contributed by atoms with van der Waals surface area (Å²) in [6, 6.07) is 13.3. The molecule has 2 aliphatic rings. The molecule has 0 saturated heterocycles. The molecular weight excluding hydrogens is 570 g/mol. The first-order valence-electron chi connectivity index (χ1n) is 15.9. The van der Waals surface area contributed by atoms with Gasteiger partial charge in [0, 0.05) is 35.9 Å². The van der Waals surface area contributed by atoms with Crippen LogP contribution in [0.5, 0.6) is 5.88 Å². The van der Waals surface area contributed by atoms with E-state index in [1.54, 1.807) is 19.5 Å². The van der Waals surface area contributed by atoms with Gasteiger partial charge >= 0.3 is 5.97 Å². The van der Waals surface area contributed by atoms with E-state index in [4.69, 9.17) is 14.5 Å². The second-order valence-electron chi connectivity index (χ2n) is 12.0. The average molecular weight is 610 g/mol. The van der Waals surface area contributed by atoms with Crippen LogP contribution in [0.1, 0.15) is 99.1 Å². The molecule has 1 fully saturated rings. The molecule has 1 amide bonds. The number of para-hydroxylation sites is 1. The number of ketones is 1. The molecule has 1 spiro atoms. The Morgan fingerprint density at radius 3 is 2.73 bits per heavy atom. The Morgan fingerprint density at radius 1 is 1.11 bits per heavy atom. The molecule has 2 N–H and O–H groups in total. The first-order valence-corrected chi connectivity index (χ1v) is 15.9. The number of ether oxygens (including phenoxy) is 2. The van der Waals surface area contributed by atoms with Crippen LogP contribution in [-0.4, -0.2) is 44.7 Å². The van der Waals surface area contributed by atoms with E-state index in [2.05, 4.69) is 20.3 Å². The van der Waals surface area contributed by atoms with E-state index in [1.807, 2.05) is 49.4 Å². The van der Waals surface area contributed by atoms with Crippen molar-refractivity contribution in [3.05, 3.63) is 71.9 Å². The maximum atomic E-state index is 13.7. The number of aromatic nitrogens is 4. The van der Waals surface area contributed by atoms with Crippen molar-refractivity contribution >= 4 is 28.6 Å². The number of amides is 1. The minimum Gasteiger partial charge on any atom is -0.480 e. The van der Waals surface area contributed by atoms with Gasteiger partial charge in [0.2, 0.25) is 11.8 Å². The van der Waals surface area contributed by atoms with Crippen LogP contribution in [0.25, 0.3) is 22.2 Å². The molecule has 234 valence electrons. The Bertz CT molecular complexity index is 1710. The number of H-pyrrole nitrogens is 1. The number of pyridine rings is 2. The number of fused-ring (bicyclic) bond motifs is 3. The lowest BCUT2D eigenvalue weighted by Crippen LogP contribution is -2.40. The normalized spacial score (nSPS) is 19.7. The van der Waals surface area contributed by atoms with Gasteiger partial charge in [-0.3, -0.25) is 9.59 Å². The Kier molecular flexibility index (Phi) is 8.91. The van der Waals surface area contributed by atoms with Crippen LogP contribution in [0, 0.1) is 5.92 Å². The minimum atomic E-state index is -0.699. The summed E-state index contributed by atoms with van der Waals surface area (Å²) in [6.07, 6.45) is 10.1. The topological polar surface area (TPSA) is 136 Å². The maximum Gasteiger partial charge on any atom is 0.358 e. The molecule has 1 aliphatic carbocycles. The van der Waals surface area contributed by atoms with Crippen molar-refractivity contribution < 1.29 is 23.9 Å². The van der Waals surface area contributed by atoms with Gasteiger partial charge in [0.05, 0.1) is 36.1 Å². The number of carbonyl (C=O) groups excluding carboxylic acids is 3. The Morgan fingerprint density at radius 2 is 1.93 bits per heavy atom. The van der Waals surface area contributed by atoms with Crippen LogP contribution in [0.2, 0.25) is 0 Å². The quantitative estimate of drug-likeness (QED) is 0.140. The number of rotatable bonds is 12. The molecule has 6 rings (SSSR count). The molecule has 1 atom stereocenters. The number of methoxy groups -OCH3 is 1. The number of aromatic amines is 1. The highest BCUT2D eigenvalue weighted by Crippen LogP contribution is 2.47. The zero-order valence-corrected chi connectivity index (χ0v) is 25.8. The summed E-state index contributed by atoms with van der Waals surface area (Å²) in [5.74, 6) is 0.797. The Hall–Kier alpha value is -4.60. The van der Waals surface area contributed by atoms with Gasteiger partial charge < -0.3 is 19.8 Å². The van der Waals surface area contributed by atoms with Crippen LogP contribution in [-0.2, 0) is 19.9 Å². The molecule has 1 aromatic carbocycles. The van der Waals surface area contributed by atoms with Crippen LogP contribution in [0.3, 0.4) is 0 Å². The smallest absolute Gasteiger partial charge is 0.358 e. The third-order valence-electron chi connectivity index (χ3n) is 9.20. The predicted molar refractivity (Wildman–Crippen MR) is 168 cm³/mol. The molecule has 3 aromatic heterocycles. The molecule has 4 aromatic rings.